The first kappa shape index (κ1) is 14.2. The highest BCUT2D eigenvalue weighted by Crippen LogP contribution is 2.28. The van der Waals surface area contributed by atoms with Crippen molar-refractivity contribution in [1.82, 2.24) is 5.32 Å². The Morgan fingerprint density at radius 1 is 1.37 bits per heavy atom. The van der Waals surface area contributed by atoms with Gasteiger partial charge >= 0.3 is 0 Å². The molecule has 1 aromatic carbocycles. The van der Waals surface area contributed by atoms with Gasteiger partial charge < -0.3 is 14.5 Å². The summed E-state index contributed by atoms with van der Waals surface area (Å²) in [6.45, 7) is 1.96. The van der Waals surface area contributed by atoms with Crippen molar-refractivity contribution in [3.05, 3.63) is 51.9 Å². The lowest BCUT2D eigenvalue weighted by molar-refractivity contribution is 0.413. The molecule has 1 aromatic heterocycles. The molecule has 0 aliphatic carbocycles. The molecule has 0 radical (unpaired) electrons. The zero-order valence-electron chi connectivity index (χ0n) is 11.4. The third-order valence-corrected chi connectivity index (χ3v) is 3.95. The van der Waals surface area contributed by atoms with Crippen LogP contribution in [0.1, 0.15) is 22.9 Å². The summed E-state index contributed by atoms with van der Waals surface area (Å²) in [4.78, 5) is 0. The van der Waals surface area contributed by atoms with Crippen molar-refractivity contribution >= 4 is 15.9 Å². The van der Waals surface area contributed by atoms with Crippen molar-refractivity contribution in [2.24, 2.45) is 0 Å². The van der Waals surface area contributed by atoms with Crippen molar-refractivity contribution in [1.29, 1.82) is 0 Å². The van der Waals surface area contributed by atoms with Crippen LogP contribution in [0, 0.1) is 6.92 Å². The van der Waals surface area contributed by atoms with Gasteiger partial charge in [-0.1, -0.05) is 15.9 Å². The number of furan rings is 1. The van der Waals surface area contributed by atoms with Crippen LogP contribution < -0.4 is 10.1 Å². The highest BCUT2D eigenvalue weighted by molar-refractivity contribution is 9.10. The second-order valence-electron chi connectivity index (χ2n) is 4.49. The van der Waals surface area contributed by atoms with Crippen LogP contribution >= 0.6 is 15.9 Å². The molecular weight excluding hydrogens is 306 g/mol. The Balaban J connectivity index is 2.23. The van der Waals surface area contributed by atoms with Crippen LogP contribution in [-0.4, -0.2) is 14.2 Å². The van der Waals surface area contributed by atoms with E-state index in [4.69, 9.17) is 9.15 Å². The molecule has 2 aromatic rings. The van der Waals surface area contributed by atoms with Gasteiger partial charge in [-0.25, -0.2) is 0 Å². The number of aryl methyl sites for hydroxylation is 1. The standard InChI is InChI=1S/C15H18BrNO2/c1-10-6-12(9-19-10)15(17-2)8-11-7-13(18-3)4-5-14(11)16/h4-7,9,15,17H,8H2,1-3H3. The molecule has 0 saturated carbocycles. The molecule has 102 valence electrons. The maximum atomic E-state index is 5.38. The number of likely N-dealkylation sites (N-methyl/N-ethyl adjacent to an activating group) is 1. The molecule has 19 heavy (non-hydrogen) atoms. The Labute approximate surface area is 122 Å². The average Bonchev–Trinajstić information content (AvgIpc) is 2.84. The van der Waals surface area contributed by atoms with Crippen molar-refractivity contribution in [3.8, 4) is 5.75 Å². The first-order valence-corrected chi connectivity index (χ1v) is 6.98. The molecule has 1 N–H and O–H groups in total. The Kier molecular flexibility index (Phi) is 4.66. The van der Waals surface area contributed by atoms with E-state index in [9.17, 15) is 0 Å². The Hall–Kier alpha value is -1.26. The Bertz CT molecular complexity index is 551. The third kappa shape index (κ3) is 3.39. The van der Waals surface area contributed by atoms with Crippen molar-refractivity contribution in [2.45, 2.75) is 19.4 Å². The van der Waals surface area contributed by atoms with Gasteiger partial charge in [0, 0.05) is 16.1 Å². The van der Waals surface area contributed by atoms with Crippen LogP contribution in [0.25, 0.3) is 0 Å². The van der Waals surface area contributed by atoms with Gasteiger partial charge in [-0.15, -0.1) is 0 Å². The Morgan fingerprint density at radius 3 is 2.74 bits per heavy atom. The summed E-state index contributed by atoms with van der Waals surface area (Å²) in [5, 5.41) is 3.32. The molecule has 1 unspecified atom stereocenters. The van der Waals surface area contributed by atoms with E-state index in [2.05, 4.69) is 33.4 Å². The normalized spacial score (nSPS) is 12.4. The Morgan fingerprint density at radius 2 is 2.16 bits per heavy atom. The smallest absolute Gasteiger partial charge is 0.119 e. The van der Waals surface area contributed by atoms with E-state index in [1.807, 2.05) is 32.4 Å². The number of hydrogen-bond donors (Lipinski definition) is 1. The highest BCUT2D eigenvalue weighted by atomic mass is 79.9. The molecule has 0 amide bonds. The molecule has 0 spiro atoms. The minimum Gasteiger partial charge on any atom is -0.497 e. The highest BCUT2D eigenvalue weighted by Gasteiger charge is 2.14. The molecule has 0 saturated heterocycles. The van der Waals surface area contributed by atoms with Gasteiger partial charge in [-0.3, -0.25) is 0 Å². The van der Waals surface area contributed by atoms with Crippen LogP contribution in [0.15, 0.2) is 39.4 Å². The summed E-state index contributed by atoms with van der Waals surface area (Å²) in [6.07, 6.45) is 2.68. The lowest BCUT2D eigenvalue weighted by atomic mass is 10.0. The summed E-state index contributed by atoms with van der Waals surface area (Å²) >= 11 is 3.59. The largest absolute Gasteiger partial charge is 0.497 e. The second-order valence-corrected chi connectivity index (χ2v) is 5.35. The van der Waals surface area contributed by atoms with Crippen LogP contribution in [-0.2, 0) is 6.42 Å². The summed E-state index contributed by atoms with van der Waals surface area (Å²) in [7, 11) is 3.64. The third-order valence-electron chi connectivity index (χ3n) is 3.18. The second kappa shape index (κ2) is 6.26. The molecule has 1 atom stereocenters. The van der Waals surface area contributed by atoms with E-state index >= 15 is 0 Å². The van der Waals surface area contributed by atoms with Crippen molar-refractivity contribution in [2.75, 3.05) is 14.2 Å². The quantitative estimate of drug-likeness (QED) is 0.907. The molecule has 0 bridgehead atoms. The number of methoxy groups -OCH3 is 1. The molecule has 3 nitrogen and oxygen atoms in total. The van der Waals surface area contributed by atoms with Gasteiger partial charge in [0.15, 0.2) is 0 Å². The van der Waals surface area contributed by atoms with Gasteiger partial charge in [0.25, 0.3) is 0 Å². The van der Waals surface area contributed by atoms with Crippen LogP contribution in [0.2, 0.25) is 0 Å². The molecule has 4 heteroatoms. The minimum absolute atomic E-state index is 0.223. The van der Waals surface area contributed by atoms with Gasteiger partial charge in [0.1, 0.15) is 11.5 Å². The van der Waals surface area contributed by atoms with Crippen LogP contribution in [0.4, 0.5) is 0 Å². The van der Waals surface area contributed by atoms with E-state index in [0.29, 0.717) is 0 Å². The lowest BCUT2D eigenvalue weighted by Gasteiger charge is -2.16. The van der Waals surface area contributed by atoms with E-state index in [1.54, 1.807) is 7.11 Å². The summed E-state index contributed by atoms with van der Waals surface area (Å²) in [6, 6.07) is 8.31. The molecule has 0 aliphatic heterocycles. The van der Waals surface area contributed by atoms with E-state index in [1.165, 1.54) is 5.56 Å². The fraction of sp³-hybridized carbons (Fsp3) is 0.333. The fourth-order valence-corrected chi connectivity index (χ4v) is 2.50. The van der Waals surface area contributed by atoms with Gasteiger partial charge in [0.2, 0.25) is 0 Å². The summed E-state index contributed by atoms with van der Waals surface area (Å²) in [5.41, 5.74) is 2.37. The van der Waals surface area contributed by atoms with Gasteiger partial charge in [0.05, 0.1) is 13.4 Å². The number of hydrogen-bond acceptors (Lipinski definition) is 3. The zero-order valence-corrected chi connectivity index (χ0v) is 13.0. The SMILES string of the molecule is CNC(Cc1cc(OC)ccc1Br)c1coc(C)c1. The first-order valence-electron chi connectivity index (χ1n) is 6.18. The van der Waals surface area contributed by atoms with E-state index < -0.39 is 0 Å². The summed E-state index contributed by atoms with van der Waals surface area (Å²) in [5.74, 6) is 1.80. The lowest BCUT2D eigenvalue weighted by Crippen LogP contribution is -2.18. The van der Waals surface area contributed by atoms with Crippen molar-refractivity contribution in [3.63, 3.8) is 0 Å². The average molecular weight is 324 g/mol. The topological polar surface area (TPSA) is 34.4 Å². The van der Waals surface area contributed by atoms with Crippen molar-refractivity contribution < 1.29 is 9.15 Å². The first-order chi connectivity index (χ1) is 9.13. The minimum atomic E-state index is 0.223. The predicted molar refractivity (Wildman–Crippen MR) is 79.6 cm³/mol. The molecule has 0 fully saturated rings. The number of nitrogens with one attached hydrogen (secondary N) is 1. The number of benzene rings is 1. The molecular formula is C15H18BrNO2. The molecule has 1 heterocycles. The fourth-order valence-electron chi connectivity index (χ4n) is 2.09. The molecule has 2 rings (SSSR count). The van der Waals surface area contributed by atoms with E-state index in [0.717, 1.165) is 28.0 Å². The van der Waals surface area contributed by atoms with E-state index in [-0.39, 0.29) is 6.04 Å². The monoisotopic (exact) mass is 323 g/mol. The number of halogens is 1. The number of ether oxygens (including phenoxy) is 1. The number of rotatable bonds is 5. The van der Waals surface area contributed by atoms with Crippen LogP contribution in [0.5, 0.6) is 5.75 Å². The molecule has 0 aliphatic rings. The van der Waals surface area contributed by atoms with Gasteiger partial charge in [-0.2, -0.15) is 0 Å². The maximum Gasteiger partial charge on any atom is 0.119 e. The van der Waals surface area contributed by atoms with Crippen LogP contribution in [0.3, 0.4) is 0 Å². The zero-order chi connectivity index (χ0) is 13.8. The maximum absolute atomic E-state index is 5.38. The van der Waals surface area contributed by atoms with Gasteiger partial charge in [-0.05, 0) is 50.2 Å². The summed E-state index contributed by atoms with van der Waals surface area (Å²) < 4.78 is 11.8. The predicted octanol–water partition coefficient (Wildman–Crippen LogP) is 3.86.